The molecule has 0 nitrogen and oxygen atoms in total. The first-order valence-electron chi connectivity index (χ1n) is 4.04. The lowest BCUT2D eigenvalue weighted by Crippen LogP contribution is -2.08. The molecule has 0 saturated heterocycles. The summed E-state index contributed by atoms with van der Waals surface area (Å²) >= 11 is 0.192. The Morgan fingerprint density at radius 2 is 1.92 bits per heavy atom. The van der Waals surface area contributed by atoms with Crippen LogP contribution in [0.3, 0.4) is 0 Å². The standard InChI is InChI=1S/C10H12F2S/c1-7-6-8(10(2,3)11)4-5-9(7)13-12/h4-6H,1-3H3. The van der Waals surface area contributed by atoms with Crippen LogP contribution in [0.5, 0.6) is 0 Å². The van der Waals surface area contributed by atoms with Crippen molar-refractivity contribution in [2.24, 2.45) is 0 Å². The molecule has 0 aromatic heterocycles. The average molecular weight is 202 g/mol. The molecule has 0 fully saturated rings. The molecule has 0 amide bonds. The van der Waals surface area contributed by atoms with Crippen LogP contribution >= 0.6 is 12.1 Å². The maximum atomic E-state index is 13.4. The lowest BCUT2D eigenvalue weighted by Gasteiger charge is -2.15. The van der Waals surface area contributed by atoms with Crippen molar-refractivity contribution in [2.75, 3.05) is 0 Å². The van der Waals surface area contributed by atoms with E-state index in [1.165, 1.54) is 13.8 Å². The number of hydrogen-bond donors (Lipinski definition) is 0. The Hall–Kier alpha value is -0.570. The normalized spacial score (nSPS) is 11.8. The molecule has 0 saturated carbocycles. The number of halogens is 2. The summed E-state index contributed by atoms with van der Waals surface area (Å²) in [5, 5.41) is 0. The summed E-state index contributed by atoms with van der Waals surface area (Å²) in [6.45, 7) is 4.76. The minimum atomic E-state index is -1.36. The number of hydrogen-bond acceptors (Lipinski definition) is 1. The largest absolute Gasteiger partial charge is 0.239 e. The third kappa shape index (κ3) is 2.44. The molecule has 1 aromatic carbocycles. The van der Waals surface area contributed by atoms with E-state index in [0.717, 1.165) is 5.56 Å². The van der Waals surface area contributed by atoms with Gasteiger partial charge in [0, 0.05) is 4.90 Å². The molecule has 0 atom stereocenters. The quantitative estimate of drug-likeness (QED) is 0.693. The predicted octanol–water partition coefficient (Wildman–Crippen LogP) is 4.18. The molecular formula is C10H12F2S. The molecule has 13 heavy (non-hydrogen) atoms. The highest BCUT2D eigenvalue weighted by Crippen LogP contribution is 2.30. The van der Waals surface area contributed by atoms with Gasteiger partial charge in [-0.15, -0.1) is 0 Å². The maximum Gasteiger partial charge on any atom is 0.130 e. The summed E-state index contributed by atoms with van der Waals surface area (Å²) in [7, 11) is 0. The molecule has 0 bridgehead atoms. The van der Waals surface area contributed by atoms with E-state index in [-0.39, 0.29) is 12.1 Å². The third-order valence-electron chi connectivity index (χ3n) is 1.94. The second-order valence-electron chi connectivity index (χ2n) is 3.53. The molecule has 0 aliphatic rings. The van der Waals surface area contributed by atoms with Crippen LogP contribution in [0.1, 0.15) is 25.0 Å². The average Bonchev–Trinajstić information content (AvgIpc) is 2.02. The van der Waals surface area contributed by atoms with E-state index in [0.29, 0.717) is 10.5 Å². The van der Waals surface area contributed by atoms with Gasteiger partial charge in [0.15, 0.2) is 0 Å². The number of alkyl halides is 1. The molecular weight excluding hydrogens is 190 g/mol. The highest BCUT2D eigenvalue weighted by Gasteiger charge is 2.19. The smallest absolute Gasteiger partial charge is 0.130 e. The zero-order chi connectivity index (χ0) is 10.1. The van der Waals surface area contributed by atoms with Crippen molar-refractivity contribution in [3.8, 4) is 0 Å². The van der Waals surface area contributed by atoms with Crippen molar-refractivity contribution in [1.29, 1.82) is 0 Å². The summed E-state index contributed by atoms with van der Waals surface area (Å²) in [4.78, 5) is 0.549. The Morgan fingerprint density at radius 3 is 2.31 bits per heavy atom. The highest BCUT2D eigenvalue weighted by molar-refractivity contribution is 7.94. The molecule has 0 radical (unpaired) electrons. The summed E-state index contributed by atoms with van der Waals surface area (Å²) in [5.41, 5.74) is 0.00287. The Kier molecular flexibility index (Phi) is 2.96. The second kappa shape index (κ2) is 3.66. The number of aryl methyl sites for hydroxylation is 1. The van der Waals surface area contributed by atoms with Gasteiger partial charge in [0.25, 0.3) is 0 Å². The lowest BCUT2D eigenvalue weighted by molar-refractivity contribution is 0.221. The van der Waals surface area contributed by atoms with E-state index in [9.17, 15) is 8.28 Å². The van der Waals surface area contributed by atoms with Crippen molar-refractivity contribution in [3.63, 3.8) is 0 Å². The number of benzene rings is 1. The van der Waals surface area contributed by atoms with Gasteiger partial charge in [0.2, 0.25) is 0 Å². The van der Waals surface area contributed by atoms with Gasteiger partial charge in [0.05, 0.1) is 12.1 Å². The van der Waals surface area contributed by atoms with Crippen LogP contribution in [0, 0.1) is 6.92 Å². The first-order valence-corrected chi connectivity index (χ1v) is 4.75. The SMILES string of the molecule is Cc1cc(C(C)(C)F)ccc1SF. The monoisotopic (exact) mass is 202 g/mol. The topological polar surface area (TPSA) is 0 Å². The first-order chi connectivity index (χ1) is 5.95. The molecule has 1 rings (SSSR count). The molecule has 72 valence electrons. The van der Waals surface area contributed by atoms with Gasteiger partial charge in [-0.25, -0.2) is 4.39 Å². The Morgan fingerprint density at radius 1 is 1.31 bits per heavy atom. The van der Waals surface area contributed by atoms with Gasteiger partial charge in [-0.1, -0.05) is 12.1 Å². The highest BCUT2D eigenvalue weighted by atomic mass is 32.2. The number of rotatable bonds is 2. The van der Waals surface area contributed by atoms with Gasteiger partial charge in [-0.2, -0.15) is 3.89 Å². The van der Waals surface area contributed by atoms with Crippen molar-refractivity contribution in [3.05, 3.63) is 29.3 Å². The predicted molar refractivity (Wildman–Crippen MR) is 52.3 cm³/mol. The minimum absolute atomic E-state index is 0.192. The molecule has 3 heteroatoms. The van der Waals surface area contributed by atoms with Crippen molar-refractivity contribution >= 4 is 12.1 Å². The minimum Gasteiger partial charge on any atom is -0.239 e. The molecule has 0 aliphatic heterocycles. The van der Waals surface area contributed by atoms with Crippen LogP contribution in [-0.4, -0.2) is 0 Å². The fraction of sp³-hybridized carbons (Fsp3) is 0.400. The Balaban J connectivity index is 3.10. The van der Waals surface area contributed by atoms with E-state index < -0.39 is 5.67 Å². The molecule has 0 spiro atoms. The van der Waals surface area contributed by atoms with E-state index in [4.69, 9.17) is 0 Å². The van der Waals surface area contributed by atoms with E-state index in [1.807, 2.05) is 0 Å². The molecule has 1 aromatic rings. The Bertz CT molecular complexity index is 302. The van der Waals surface area contributed by atoms with Crippen molar-refractivity contribution in [1.82, 2.24) is 0 Å². The van der Waals surface area contributed by atoms with E-state index in [2.05, 4.69) is 0 Å². The van der Waals surface area contributed by atoms with Crippen LogP contribution in [-0.2, 0) is 5.67 Å². The van der Waals surface area contributed by atoms with Crippen LogP contribution in [0.25, 0.3) is 0 Å². The van der Waals surface area contributed by atoms with Gasteiger partial charge < -0.3 is 0 Å². The van der Waals surface area contributed by atoms with E-state index >= 15 is 0 Å². The van der Waals surface area contributed by atoms with Crippen LogP contribution < -0.4 is 0 Å². The first kappa shape index (κ1) is 10.5. The molecule has 0 N–H and O–H groups in total. The molecule has 0 unspecified atom stereocenters. The zero-order valence-electron chi connectivity index (χ0n) is 7.90. The zero-order valence-corrected chi connectivity index (χ0v) is 8.71. The fourth-order valence-corrected chi connectivity index (χ4v) is 1.41. The Labute approximate surface area is 81.6 Å². The lowest BCUT2D eigenvalue weighted by atomic mass is 9.99. The van der Waals surface area contributed by atoms with Gasteiger partial charge >= 0.3 is 0 Å². The van der Waals surface area contributed by atoms with Gasteiger partial charge in [-0.3, -0.25) is 0 Å². The fourth-order valence-electron chi connectivity index (χ4n) is 1.11. The summed E-state index contributed by atoms with van der Waals surface area (Å²) in [6.07, 6.45) is 0. The van der Waals surface area contributed by atoms with Crippen LogP contribution in [0.2, 0.25) is 0 Å². The van der Waals surface area contributed by atoms with Crippen LogP contribution in [0.4, 0.5) is 8.28 Å². The van der Waals surface area contributed by atoms with Gasteiger partial charge in [0.1, 0.15) is 5.67 Å². The third-order valence-corrected chi connectivity index (χ3v) is 2.57. The van der Waals surface area contributed by atoms with Crippen molar-refractivity contribution in [2.45, 2.75) is 31.3 Å². The van der Waals surface area contributed by atoms with Gasteiger partial charge in [-0.05, 0) is 38.0 Å². The summed E-state index contributed by atoms with van der Waals surface area (Å²) < 4.78 is 25.7. The summed E-state index contributed by atoms with van der Waals surface area (Å²) in [5.74, 6) is 0. The molecule has 0 aliphatic carbocycles. The van der Waals surface area contributed by atoms with E-state index in [1.54, 1.807) is 25.1 Å². The molecule has 0 heterocycles. The van der Waals surface area contributed by atoms with Crippen LogP contribution in [0.15, 0.2) is 23.1 Å². The summed E-state index contributed by atoms with van der Waals surface area (Å²) in [6, 6.07) is 4.91. The second-order valence-corrected chi connectivity index (χ2v) is 4.12. The maximum absolute atomic E-state index is 13.4. The van der Waals surface area contributed by atoms with Crippen molar-refractivity contribution < 1.29 is 8.28 Å².